The maximum atomic E-state index is 4.75. The Morgan fingerprint density at radius 3 is 2.44 bits per heavy atom. The maximum Gasteiger partial charge on any atom is 0.136 e. The Hall–Kier alpha value is -1.77. The SMILES string of the molecule is Cc1nc(N(C)C)c2ccccc2c1NC1CC1. The summed E-state index contributed by atoms with van der Waals surface area (Å²) in [5.74, 6) is 1.05. The van der Waals surface area contributed by atoms with Crippen molar-refractivity contribution in [3.63, 3.8) is 0 Å². The summed E-state index contributed by atoms with van der Waals surface area (Å²) in [6, 6.07) is 9.16. The highest BCUT2D eigenvalue weighted by Crippen LogP contribution is 2.35. The summed E-state index contributed by atoms with van der Waals surface area (Å²) < 4.78 is 0. The first-order valence-electron chi connectivity index (χ1n) is 6.50. The fourth-order valence-corrected chi connectivity index (χ4v) is 2.32. The molecule has 1 heterocycles. The van der Waals surface area contributed by atoms with Gasteiger partial charge in [-0.2, -0.15) is 0 Å². The molecule has 0 atom stereocenters. The number of hydrogen-bond acceptors (Lipinski definition) is 3. The number of benzene rings is 1. The highest BCUT2D eigenvalue weighted by molar-refractivity contribution is 6.01. The molecule has 3 nitrogen and oxygen atoms in total. The zero-order valence-electron chi connectivity index (χ0n) is 11.2. The van der Waals surface area contributed by atoms with E-state index in [2.05, 4.69) is 41.4 Å². The van der Waals surface area contributed by atoms with E-state index in [-0.39, 0.29) is 0 Å². The van der Waals surface area contributed by atoms with Gasteiger partial charge in [0.25, 0.3) is 0 Å². The van der Waals surface area contributed by atoms with E-state index in [9.17, 15) is 0 Å². The number of anilines is 2. The van der Waals surface area contributed by atoms with Gasteiger partial charge in [0.05, 0.1) is 11.4 Å². The van der Waals surface area contributed by atoms with Gasteiger partial charge in [-0.25, -0.2) is 4.98 Å². The molecule has 0 aliphatic heterocycles. The predicted molar refractivity (Wildman–Crippen MR) is 77.5 cm³/mol. The molecule has 94 valence electrons. The Bertz CT molecular complexity index is 586. The van der Waals surface area contributed by atoms with Crippen LogP contribution in [0.3, 0.4) is 0 Å². The zero-order valence-corrected chi connectivity index (χ0v) is 11.2. The third kappa shape index (κ3) is 1.90. The molecule has 0 unspecified atom stereocenters. The molecular formula is C15H19N3. The lowest BCUT2D eigenvalue weighted by Crippen LogP contribution is -2.13. The lowest BCUT2D eigenvalue weighted by Gasteiger charge is -2.19. The van der Waals surface area contributed by atoms with Gasteiger partial charge >= 0.3 is 0 Å². The molecule has 1 aromatic heterocycles. The number of nitrogens with one attached hydrogen (secondary N) is 1. The molecule has 0 saturated heterocycles. The fraction of sp³-hybridized carbons (Fsp3) is 0.400. The van der Waals surface area contributed by atoms with Crippen LogP contribution in [0.1, 0.15) is 18.5 Å². The summed E-state index contributed by atoms with van der Waals surface area (Å²) in [5.41, 5.74) is 2.29. The van der Waals surface area contributed by atoms with Crippen molar-refractivity contribution in [3.8, 4) is 0 Å². The van der Waals surface area contributed by atoms with Gasteiger partial charge in [0.15, 0.2) is 0 Å². The zero-order chi connectivity index (χ0) is 12.7. The topological polar surface area (TPSA) is 28.2 Å². The van der Waals surface area contributed by atoms with E-state index in [4.69, 9.17) is 4.98 Å². The summed E-state index contributed by atoms with van der Waals surface area (Å²) in [6.45, 7) is 2.09. The number of pyridine rings is 1. The molecule has 1 aromatic carbocycles. The van der Waals surface area contributed by atoms with Crippen molar-refractivity contribution in [1.82, 2.24) is 4.98 Å². The van der Waals surface area contributed by atoms with E-state index in [1.807, 2.05) is 14.1 Å². The average Bonchev–Trinajstić information content (AvgIpc) is 3.16. The summed E-state index contributed by atoms with van der Waals surface area (Å²) in [5, 5.41) is 6.11. The van der Waals surface area contributed by atoms with Crippen molar-refractivity contribution in [2.45, 2.75) is 25.8 Å². The van der Waals surface area contributed by atoms with Gasteiger partial charge in [-0.05, 0) is 19.8 Å². The largest absolute Gasteiger partial charge is 0.380 e. The van der Waals surface area contributed by atoms with Gasteiger partial charge < -0.3 is 10.2 Å². The van der Waals surface area contributed by atoms with E-state index in [0.29, 0.717) is 6.04 Å². The van der Waals surface area contributed by atoms with Crippen molar-refractivity contribution in [3.05, 3.63) is 30.0 Å². The number of aromatic nitrogens is 1. The van der Waals surface area contributed by atoms with Crippen molar-refractivity contribution in [2.24, 2.45) is 0 Å². The Morgan fingerprint density at radius 1 is 1.17 bits per heavy atom. The number of nitrogens with zero attached hydrogens (tertiary/aromatic N) is 2. The quantitative estimate of drug-likeness (QED) is 0.894. The second kappa shape index (κ2) is 4.16. The average molecular weight is 241 g/mol. The first-order valence-corrected chi connectivity index (χ1v) is 6.50. The molecule has 1 N–H and O–H groups in total. The molecule has 1 aliphatic carbocycles. The number of rotatable bonds is 3. The van der Waals surface area contributed by atoms with E-state index in [1.54, 1.807) is 0 Å². The van der Waals surface area contributed by atoms with E-state index in [1.165, 1.54) is 29.3 Å². The molecule has 0 amide bonds. The molecule has 1 aliphatic rings. The second-order valence-corrected chi connectivity index (χ2v) is 5.25. The van der Waals surface area contributed by atoms with Crippen LogP contribution in [0.25, 0.3) is 10.8 Å². The van der Waals surface area contributed by atoms with Crippen LogP contribution >= 0.6 is 0 Å². The highest BCUT2D eigenvalue weighted by atomic mass is 15.1. The molecule has 0 bridgehead atoms. The predicted octanol–water partition coefficient (Wildman–Crippen LogP) is 3.18. The van der Waals surface area contributed by atoms with Crippen LogP contribution < -0.4 is 10.2 Å². The molecule has 2 aromatic rings. The van der Waals surface area contributed by atoms with Gasteiger partial charge in [-0.3, -0.25) is 0 Å². The molecule has 3 rings (SSSR count). The molecule has 3 heteroatoms. The Labute approximate surface area is 108 Å². The third-order valence-electron chi connectivity index (χ3n) is 3.42. The van der Waals surface area contributed by atoms with E-state index in [0.717, 1.165) is 11.5 Å². The minimum atomic E-state index is 0.652. The lowest BCUT2D eigenvalue weighted by atomic mass is 10.1. The standard InChI is InChI=1S/C15H19N3/c1-10-14(17-11-8-9-11)12-6-4-5-7-13(12)15(16-10)18(2)3/h4-7,11,17H,8-9H2,1-3H3. The minimum absolute atomic E-state index is 0.652. The van der Waals surface area contributed by atoms with Crippen LogP contribution in [0.15, 0.2) is 24.3 Å². The molecule has 0 spiro atoms. The van der Waals surface area contributed by atoms with E-state index < -0.39 is 0 Å². The van der Waals surface area contributed by atoms with Gasteiger partial charge in [0.2, 0.25) is 0 Å². The Kier molecular flexibility index (Phi) is 2.62. The van der Waals surface area contributed by atoms with Crippen molar-refractivity contribution < 1.29 is 0 Å². The molecular weight excluding hydrogens is 222 g/mol. The normalized spacial score (nSPS) is 14.8. The van der Waals surface area contributed by atoms with Crippen LogP contribution in [-0.2, 0) is 0 Å². The molecule has 0 radical (unpaired) electrons. The summed E-state index contributed by atoms with van der Waals surface area (Å²) in [7, 11) is 4.09. The minimum Gasteiger partial charge on any atom is -0.380 e. The molecule has 1 fully saturated rings. The van der Waals surface area contributed by atoms with Crippen molar-refractivity contribution >= 4 is 22.3 Å². The van der Waals surface area contributed by atoms with Crippen LogP contribution in [0.2, 0.25) is 0 Å². The monoisotopic (exact) mass is 241 g/mol. The first kappa shape index (κ1) is 11.3. The van der Waals surface area contributed by atoms with Crippen LogP contribution in [-0.4, -0.2) is 25.1 Å². The van der Waals surface area contributed by atoms with E-state index >= 15 is 0 Å². The number of aryl methyl sites for hydroxylation is 1. The van der Waals surface area contributed by atoms with Gasteiger partial charge in [-0.1, -0.05) is 24.3 Å². The van der Waals surface area contributed by atoms with Crippen LogP contribution in [0.4, 0.5) is 11.5 Å². The molecule has 18 heavy (non-hydrogen) atoms. The maximum absolute atomic E-state index is 4.75. The summed E-state index contributed by atoms with van der Waals surface area (Å²) in [4.78, 5) is 6.82. The first-order chi connectivity index (χ1) is 8.66. The lowest BCUT2D eigenvalue weighted by molar-refractivity contribution is 1.05. The van der Waals surface area contributed by atoms with Crippen LogP contribution in [0, 0.1) is 6.92 Å². The Morgan fingerprint density at radius 2 is 1.83 bits per heavy atom. The van der Waals surface area contributed by atoms with Crippen LogP contribution in [0.5, 0.6) is 0 Å². The fourth-order valence-electron chi connectivity index (χ4n) is 2.32. The smallest absolute Gasteiger partial charge is 0.136 e. The van der Waals surface area contributed by atoms with Gasteiger partial charge in [-0.15, -0.1) is 0 Å². The van der Waals surface area contributed by atoms with Gasteiger partial charge in [0.1, 0.15) is 5.82 Å². The number of hydrogen-bond donors (Lipinski definition) is 1. The number of fused-ring (bicyclic) bond motifs is 1. The van der Waals surface area contributed by atoms with Crippen molar-refractivity contribution in [1.29, 1.82) is 0 Å². The highest BCUT2D eigenvalue weighted by Gasteiger charge is 2.23. The summed E-state index contributed by atoms with van der Waals surface area (Å²) in [6.07, 6.45) is 2.56. The third-order valence-corrected chi connectivity index (χ3v) is 3.42. The Balaban J connectivity index is 2.22. The second-order valence-electron chi connectivity index (χ2n) is 5.25. The summed E-state index contributed by atoms with van der Waals surface area (Å²) >= 11 is 0. The molecule has 1 saturated carbocycles. The van der Waals surface area contributed by atoms with Crippen molar-refractivity contribution in [2.75, 3.05) is 24.3 Å². The van der Waals surface area contributed by atoms with Gasteiger partial charge in [0, 0.05) is 30.9 Å².